The summed E-state index contributed by atoms with van der Waals surface area (Å²) in [6.07, 6.45) is 3.04. The van der Waals surface area contributed by atoms with Gasteiger partial charge < -0.3 is 9.80 Å². The fraction of sp³-hybridized carbons (Fsp3) is 1.00. The minimum atomic E-state index is 0.769. The highest BCUT2D eigenvalue weighted by atomic mass is 15.2. The lowest BCUT2D eigenvalue weighted by atomic mass is 9.77. The Morgan fingerprint density at radius 3 is 1.92 bits per heavy atom. The molecule has 0 radical (unpaired) electrons. The van der Waals surface area contributed by atoms with Gasteiger partial charge in [-0.15, -0.1) is 0 Å². The first-order valence-electron chi connectivity index (χ1n) is 5.54. The van der Waals surface area contributed by atoms with Crippen LogP contribution in [-0.4, -0.2) is 50.1 Å². The molecule has 74 valence electrons. The van der Waals surface area contributed by atoms with Crippen LogP contribution in [0.5, 0.6) is 0 Å². The van der Waals surface area contributed by atoms with Crippen LogP contribution in [0, 0.1) is 17.3 Å². The van der Waals surface area contributed by atoms with Crippen LogP contribution in [0.15, 0.2) is 0 Å². The molecule has 3 rings (SSSR count). The van der Waals surface area contributed by atoms with E-state index in [0.29, 0.717) is 0 Å². The van der Waals surface area contributed by atoms with E-state index in [1.807, 2.05) is 0 Å². The number of nitrogens with zero attached hydrogens (tertiary/aromatic N) is 2. The van der Waals surface area contributed by atoms with E-state index in [4.69, 9.17) is 0 Å². The van der Waals surface area contributed by atoms with Gasteiger partial charge in [0.15, 0.2) is 0 Å². The molecule has 3 aliphatic rings. The van der Waals surface area contributed by atoms with E-state index in [2.05, 4.69) is 23.9 Å². The van der Waals surface area contributed by atoms with Gasteiger partial charge in [-0.05, 0) is 44.2 Å². The van der Waals surface area contributed by atoms with E-state index in [-0.39, 0.29) is 0 Å². The average Bonchev–Trinajstić information content (AvgIpc) is 2.39. The highest BCUT2D eigenvalue weighted by Crippen LogP contribution is 2.52. The quantitative estimate of drug-likeness (QED) is 0.546. The van der Waals surface area contributed by atoms with Gasteiger partial charge in [0.05, 0.1) is 0 Å². The summed E-state index contributed by atoms with van der Waals surface area (Å²) in [7, 11) is 4.53. The standard InChI is InChI=1S/C11H20N2/c1-12-5-9-3-11(4-10(9)6-12)7-13(2)8-11/h9-10H,3-8H2,1-2H3. The second kappa shape index (κ2) is 2.48. The van der Waals surface area contributed by atoms with E-state index in [9.17, 15) is 0 Å². The molecule has 0 bridgehead atoms. The van der Waals surface area contributed by atoms with Crippen LogP contribution >= 0.6 is 0 Å². The lowest BCUT2D eigenvalue weighted by molar-refractivity contribution is 0.0190. The topological polar surface area (TPSA) is 6.48 Å². The summed E-state index contributed by atoms with van der Waals surface area (Å²) in [5.41, 5.74) is 0.769. The molecule has 1 aliphatic carbocycles. The molecule has 1 spiro atoms. The van der Waals surface area contributed by atoms with Gasteiger partial charge in [0.2, 0.25) is 0 Å². The van der Waals surface area contributed by atoms with Gasteiger partial charge in [-0.3, -0.25) is 0 Å². The normalized spacial score (nSPS) is 43.8. The predicted octanol–water partition coefficient (Wildman–Crippen LogP) is 0.890. The van der Waals surface area contributed by atoms with Crippen LogP contribution in [0.3, 0.4) is 0 Å². The summed E-state index contributed by atoms with van der Waals surface area (Å²) in [5.74, 6) is 2.08. The summed E-state index contributed by atoms with van der Waals surface area (Å²) in [6.45, 7) is 5.50. The molecule has 0 N–H and O–H groups in total. The van der Waals surface area contributed by atoms with Crippen molar-refractivity contribution in [3.05, 3.63) is 0 Å². The summed E-state index contributed by atoms with van der Waals surface area (Å²) in [6, 6.07) is 0. The van der Waals surface area contributed by atoms with Crippen molar-refractivity contribution in [1.82, 2.24) is 9.80 Å². The fourth-order valence-electron chi connectivity index (χ4n) is 4.19. The second-order valence-electron chi connectivity index (χ2n) is 5.82. The van der Waals surface area contributed by atoms with Crippen molar-refractivity contribution in [2.24, 2.45) is 17.3 Å². The van der Waals surface area contributed by atoms with Crippen molar-refractivity contribution in [1.29, 1.82) is 0 Å². The SMILES string of the molecule is CN1CC2CC3(CC2C1)CN(C)C3. The van der Waals surface area contributed by atoms with Gasteiger partial charge in [0.1, 0.15) is 0 Å². The van der Waals surface area contributed by atoms with Crippen molar-refractivity contribution in [2.75, 3.05) is 40.3 Å². The number of hydrogen-bond acceptors (Lipinski definition) is 2. The molecule has 3 fully saturated rings. The molecule has 2 heterocycles. The Hall–Kier alpha value is -0.0800. The lowest BCUT2D eigenvalue weighted by Gasteiger charge is -2.47. The zero-order valence-electron chi connectivity index (χ0n) is 8.79. The maximum atomic E-state index is 2.52. The van der Waals surface area contributed by atoms with Gasteiger partial charge in [-0.1, -0.05) is 0 Å². The van der Waals surface area contributed by atoms with Crippen molar-refractivity contribution >= 4 is 0 Å². The second-order valence-corrected chi connectivity index (χ2v) is 5.82. The third kappa shape index (κ3) is 1.15. The van der Waals surface area contributed by atoms with Crippen LogP contribution in [0.2, 0.25) is 0 Å². The van der Waals surface area contributed by atoms with Crippen LogP contribution < -0.4 is 0 Å². The van der Waals surface area contributed by atoms with Gasteiger partial charge in [0, 0.05) is 26.2 Å². The third-order valence-electron chi connectivity index (χ3n) is 4.36. The Labute approximate surface area is 80.9 Å². The number of rotatable bonds is 0. The van der Waals surface area contributed by atoms with Gasteiger partial charge in [-0.2, -0.15) is 0 Å². The monoisotopic (exact) mass is 180 g/mol. The van der Waals surface area contributed by atoms with Crippen LogP contribution in [0.25, 0.3) is 0 Å². The maximum Gasteiger partial charge on any atom is 0.00476 e. The van der Waals surface area contributed by atoms with Crippen LogP contribution in [0.1, 0.15) is 12.8 Å². The molecule has 2 atom stereocenters. The van der Waals surface area contributed by atoms with Crippen molar-refractivity contribution in [3.8, 4) is 0 Å². The van der Waals surface area contributed by atoms with Crippen LogP contribution in [0.4, 0.5) is 0 Å². The molecule has 1 saturated carbocycles. The van der Waals surface area contributed by atoms with Crippen molar-refractivity contribution in [2.45, 2.75) is 12.8 Å². The molecular weight excluding hydrogens is 160 g/mol. The van der Waals surface area contributed by atoms with Crippen molar-refractivity contribution in [3.63, 3.8) is 0 Å². The molecule has 13 heavy (non-hydrogen) atoms. The zero-order chi connectivity index (χ0) is 9.05. The molecule has 0 aromatic carbocycles. The lowest BCUT2D eigenvalue weighted by Crippen LogP contribution is -2.53. The summed E-state index contributed by atoms with van der Waals surface area (Å²) in [5, 5.41) is 0. The maximum absolute atomic E-state index is 2.52. The Morgan fingerprint density at radius 1 is 0.923 bits per heavy atom. The Kier molecular flexibility index (Phi) is 1.58. The Morgan fingerprint density at radius 2 is 1.46 bits per heavy atom. The predicted molar refractivity (Wildman–Crippen MR) is 53.6 cm³/mol. The fourth-order valence-corrected chi connectivity index (χ4v) is 4.19. The molecule has 0 amide bonds. The summed E-state index contributed by atoms with van der Waals surface area (Å²) >= 11 is 0. The molecule has 2 nitrogen and oxygen atoms in total. The largest absolute Gasteiger partial charge is 0.306 e. The first kappa shape index (κ1) is 8.25. The minimum Gasteiger partial charge on any atom is -0.306 e. The molecule has 0 aromatic rings. The minimum absolute atomic E-state index is 0.769. The molecule has 2 unspecified atom stereocenters. The molecule has 2 saturated heterocycles. The highest BCUT2D eigenvalue weighted by Gasteiger charge is 2.52. The first-order chi connectivity index (χ1) is 6.17. The number of fused-ring (bicyclic) bond motifs is 1. The summed E-state index contributed by atoms with van der Waals surface area (Å²) in [4.78, 5) is 5.00. The van der Waals surface area contributed by atoms with E-state index in [1.165, 1.54) is 39.0 Å². The molecule has 0 aromatic heterocycles. The van der Waals surface area contributed by atoms with Crippen molar-refractivity contribution < 1.29 is 0 Å². The van der Waals surface area contributed by atoms with E-state index < -0.39 is 0 Å². The van der Waals surface area contributed by atoms with Gasteiger partial charge in [-0.25, -0.2) is 0 Å². The van der Waals surface area contributed by atoms with E-state index in [0.717, 1.165) is 17.3 Å². The first-order valence-corrected chi connectivity index (χ1v) is 5.54. The molecular formula is C11H20N2. The average molecular weight is 180 g/mol. The molecule has 2 aliphatic heterocycles. The third-order valence-corrected chi connectivity index (χ3v) is 4.36. The van der Waals surface area contributed by atoms with E-state index in [1.54, 1.807) is 0 Å². The van der Waals surface area contributed by atoms with Gasteiger partial charge >= 0.3 is 0 Å². The number of likely N-dealkylation sites (tertiary alicyclic amines) is 2. The molecule has 2 heteroatoms. The highest BCUT2D eigenvalue weighted by molar-refractivity contribution is 5.05. The smallest absolute Gasteiger partial charge is 0.00476 e. The number of hydrogen-bond donors (Lipinski definition) is 0. The summed E-state index contributed by atoms with van der Waals surface area (Å²) < 4.78 is 0. The van der Waals surface area contributed by atoms with Gasteiger partial charge in [0.25, 0.3) is 0 Å². The zero-order valence-corrected chi connectivity index (χ0v) is 8.79. The Balaban J connectivity index is 1.68. The Bertz CT molecular complexity index is 204. The van der Waals surface area contributed by atoms with E-state index >= 15 is 0 Å². The van der Waals surface area contributed by atoms with Crippen LogP contribution in [-0.2, 0) is 0 Å².